The minimum atomic E-state index is 0.273. The van der Waals surface area contributed by atoms with Gasteiger partial charge in [0, 0.05) is 4.47 Å². The maximum absolute atomic E-state index is 5.46. The van der Waals surface area contributed by atoms with E-state index in [1.54, 1.807) is 7.11 Å². The first-order chi connectivity index (χ1) is 10.1. The first kappa shape index (κ1) is 15.9. The number of nitrogens with one attached hydrogen (secondary N) is 1. The quantitative estimate of drug-likeness (QED) is 0.728. The predicted octanol–water partition coefficient (Wildman–Crippen LogP) is 5.66. The first-order valence-electron chi connectivity index (χ1n) is 7.25. The van der Waals surface area contributed by atoms with Crippen LogP contribution in [0.4, 0.5) is 5.69 Å². The zero-order valence-electron chi connectivity index (χ0n) is 12.8. The van der Waals surface area contributed by atoms with Crippen molar-refractivity contribution < 1.29 is 4.74 Å². The normalized spacial score (nSPS) is 12.2. The molecule has 0 bridgehead atoms. The van der Waals surface area contributed by atoms with Crippen LogP contribution in [0.1, 0.15) is 31.9 Å². The van der Waals surface area contributed by atoms with Crippen molar-refractivity contribution in [1.29, 1.82) is 0 Å². The summed E-state index contributed by atoms with van der Waals surface area (Å²) in [6.07, 6.45) is 1.07. The monoisotopic (exact) mass is 347 g/mol. The molecule has 2 rings (SSSR count). The van der Waals surface area contributed by atoms with Crippen LogP contribution in [-0.2, 0) is 0 Å². The van der Waals surface area contributed by atoms with Crippen LogP contribution in [0.25, 0.3) is 0 Å². The molecule has 0 aliphatic rings. The number of anilines is 1. The van der Waals surface area contributed by atoms with E-state index in [-0.39, 0.29) is 6.04 Å². The van der Waals surface area contributed by atoms with Crippen LogP contribution in [0, 0.1) is 5.92 Å². The lowest BCUT2D eigenvalue weighted by Gasteiger charge is -2.23. The van der Waals surface area contributed by atoms with Gasteiger partial charge in [0.1, 0.15) is 5.75 Å². The molecule has 0 aliphatic heterocycles. The number of hydrogen-bond acceptors (Lipinski definition) is 2. The summed E-state index contributed by atoms with van der Waals surface area (Å²) in [5, 5.41) is 3.63. The Kier molecular flexibility index (Phi) is 5.68. The molecule has 3 heteroatoms. The van der Waals surface area contributed by atoms with Crippen molar-refractivity contribution in [3.63, 3.8) is 0 Å². The summed E-state index contributed by atoms with van der Waals surface area (Å²) in [6.45, 7) is 4.49. The molecule has 0 aromatic heterocycles. The topological polar surface area (TPSA) is 21.3 Å². The van der Waals surface area contributed by atoms with Crippen LogP contribution in [-0.4, -0.2) is 7.11 Å². The summed E-state index contributed by atoms with van der Waals surface area (Å²) in [4.78, 5) is 0. The van der Waals surface area contributed by atoms with Crippen molar-refractivity contribution in [3.8, 4) is 5.75 Å². The van der Waals surface area contributed by atoms with Gasteiger partial charge >= 0.3 is 0 Å². The molecule has 0 saturated carbocycles. The fourth-order valence-electron chi connectivity index (χ4n) is 2.42. The third-order valence-corrected chi connectivity index (χ3v) is 3.89. The van der Waals surface area contributed by atoms with Crippen molar-refractivity contribution in [3.05, 3.63) is 58.6 Å². The summed E-state index contributed by atoms with van der Waals surface area (Å²) in [5.74, 6) is 1.48. The Morgan fingerprint density at radius 3 is 2.43 bits per heavy atom. The minimum Gasteiger partial charge on any atom is -0.495 e. The fraction of sp³-hybridized carbons (Fsp3) is 0.333. The van der Waals surface area contributed by atoms with Crippen molar-refractivity contribution >= 4 is 21.6 Å². The van der Waals surface area contributed by atoms with Gasteiger partial charge in [-0.2, -0.15) is 0 Å². The van der Waals surface area contributed by atoms with Crippen molar-refractivity contribution in [2.24, 2.45) is 5.92 Å². The standard InChI is InChI=1S/C18H22BrNO/c1-13(2)11-16(14-7-5-4-6-8-14)20-17-12-15(19)9-10-18(17)21-3/h4-10,12-13,16,20H,11H2,1-3H3. The molecule has 112 valence electrons. The molecule has 21 heavy (non-hydrogen) atoms. The molecular weight excluding hydrogens is 326 g/mol. The van der Waals surface area contributed by atoms with Crippen LogP contribution < -0.4 is 10.1 Å². The highest BCUT2D eigenvalue weighted by atomic mass is 79.9. The zero-order chi connectivity index (χ0) is 15.2. The van der Waals surface area contributed by atoms with Crippen molar-refractivity contribution in [2.45, 2.75) is 26.3 Å². The van der Waals surface area contributed by atoms with Gasteiger partial charge in [-0.3, -0.25) is 0 Å². The van der Waals surface area contributed by atoms with Gasteiger partial charge in [-0.05, 0) is 36.1 Å². The van der Waals surface area contributed by atoms with Gasteiger partial charge in [0.25, 0.3) is 0 Å². The van der Waals surface area contributed by atoms with E-state index < -0.39 is 0 Å². The Morgan fingerprint density at radius 1 is 1.10 bits per heavy atom. The van der Waals surface area contributed by atoms with Gasteiger partial charge in [0.15, 0.2) is 0 Å². The summed E-state index contributed by atoms with van der Waals surface area (Å²) in [7, 11) is 1.70. The van der Waals surface area contributed by atoms with E-state index in [4.69, 9.17) is 4.74 Å². The van der Waals surface area contributed by atoms with E-state index in [1.807, 2.05) is 12.1 Å². The summed E-state index contributed by atoms with van der Waals surface area (Å²) >= 11 is 3.53. The van der Waals surface area contributed by atoms with Gasteiger partial charge in [-0.1, -0.05) is 60.1 Å². The second-order valence-electron chi connectivity index (χ2n) is 5.58. The third kappa shape index (κ3) is 4.50. The highest BCUT2D eigenvalue weighted by Gasteiger charge is 2.15. The zero-order valence-corrected chi connectivity index (χ0v) is 14.4. The lowest BCUT2D eigenvalue weighted by Crippen LogP contribution is -2.14. The second kappa shape index (κ2) is 7.51. The smallest absolute Gasteiger partial charge is 0.142 e. The largest absolute Gasteiger partial charge is 0.495 e. The molecule has 0 radical (unpaired) electrons. The number of ether oxygens (including phenoxy) is 1. The van der Waals surface area contributed by atoms with Gasteiger partial charge in [0.2, 0.25) is 0 Å². The average molecular weight is 348 g/mol. The van der Waals surface area contributed by atoms with E-state index in [1.165, 1.54) is 5.56 Å². The Hall–Kier alpha value is -1.48. The molecule has 2 aromatic carbocycles. The average Bonchev–Trinajstić information content (AvgIpc) is 2.47. The second-order valence-corrected chi connectivity index (χ2v) is 6.50. The Morgan fingerprint density at radius 2 is 1.81 bits per heavy atom. The van der Waals surface area contributed by atoms with Crippen LogP contribution in [0.2, 0.25) is 0 Å². The molecule has 2 nitrogen and oxygen atoms in total. The van der Waals surface area contributed by atoms with Crippen molar-refractivity contribution in [2.75, 3.05) is 12.4 Å². The van der Waals surface area contributed by atoms with E-state index in [9.17, 15) is 0 Å². The Labute approximate surface area is 135 Å². The van der Waals surface area contributed by atoms with E-state index in [0.29, 0.717) is 5.92 Å². The van der Waals surface area contributed by atoms with E-state index in [0.717, 1.165) is 22.3 Å². The molecule has 2 aromatic rings. The molecule has 0 fully saturated rings. The Bertz CT molecular complexity index is 569. The molecule has 0 amide bonds. The number of methoxy groups -OCH3 is 1. The van der Waals surface area contributed by atoms with Crippen molar-refractivity contribution in [1.82, 2.24) is 0 Å². The highest BCUT2D eigenvalue weighted by molar-refractivity contribution is 9.10. The molecule has 0 aliphatic carbocycles. The van der Waals surface area contributed by atoms with Gasteiger partial charge in [-0.25, -0.2) is 0 Å². The fourth-order valence-corrected chi connectivity index (χ4v) is 2.78. The van der Waals surface area contributed by atoms with E-state index in [2.05, 4.69) is 71.5 Å². The maximum atomic E-state index is 5.46. The van der Waals surface area contributed by atoms with Crippen LogP contribution in [0.5, 0.6) is 5.75 Å². The predicted molar refractivity (Wildman–Crippen MR) is 93.0 cm³/mol. The van der Waals surface area contributed by atoms with Crippen LogP contribution in [0.3, 0.4) is 0 Å². The van der Waals surface area contributed by atoms with Gasteiger partial charge < -0.3 is 10.1 Å². The lowest BCUT2D eigenvalue weighted by atomic mass is 9.96. The van der Waals surface area contributed by atoms with Gasteiger partial charge in [-0.15, -0.1) is 0 Å². The van der Waals surface area contributed by atoms with Crippen LogP contribution >= 0.6 is 15.9 Å². The highest BCUT2D eigenvalue weighted by Crippen LogP contribution is 2.33. The number of halogens is 1. The third-order valence-electron chi connectivity index (χ3n) is 3.40. The lowest BCUT2D eigenvalue weighted by molar-refractivity contribution is 0.415. The van der Waals surface area contributed by atoms with Gasteiger partial charge in [0.05, 0.1) is 18.8 Å². The Balaban J connectivity index is 2.29. The molecule has 0 heterocycles. The minimum absolute atomic E-state index is 0.273. The first-order valence-corrected chi connectivity index (χ1v) is 8.04. The summed E-state index contributed by atoms with van der Waals surface area (Å²) < 4.78 is 6.50. The SMILES string of the molecule is COc1ccc(Br)cc1NC(CC(C)C)c1ccccc1. The number of benzene rings is 2. The molecule has 0 saturated heterocycles. The summed E-state index contributed by atoms with van der Waals surface area (Å²) in [5.41, 5.74) is 2.31. The molecule has 1 atom stereocenters. The molecular formula is C18H22BrNO. The van der Waals surface area contributed by atoms with E-state index >= 15 is 0 Å². The molecule has 1 N–H and O–H groups in total. The molecule has 0 spiro atoms. The summed E-state index contributed by atoms with van der Waals surface area (Å²) in [6, 6.07) is 16.9. The maximum Gasteiger partial charge on any atom is 0.142 e. The number of hydrogen-bond donors (Lipinski definition) is 1. The molecule has 1 unspecified atom stereocenters. The van der Waals surface area contributed by atoms with Crippen LogP contribution in [0.15, 0.2) is 53.0 Å². The number of rotatable bonds is 6.